The Kier molecular flexibility index (Phi) is 9.58. The maximum Gasteiger partial charge on any atom is 0.255 e. The summed E-state index contributed by atoms with van der Waals surface area (Å²) in [5, 5.41) is 8.52. The molecule has 326 valence electrons. The highest BCUT2D eigenvalue weighted by atomic mass is 19.3. The highest BCUT2D eigenvalue weighted by Crippen LogP contribution is 2.67. The van der Waals surface area contributed by atoms with E-state index in [4.69, 9.17) is 9.84 Å². The van der Waals surface area contributed by atoms with E-state index in [0.717, 1.165) is 89.1 Å². The van der Waals surface area contributed by atoms with Gasteiger partial charge in [-0.3, -0.25) is 24.5 Å². The summed E-state index contributed by atoms with van der Waals surface area (Å²) in [6, 6.07) is 11.9. The third-order valence-corrected chi connectivity index (χ3v) is 15.7. The van der Waals surface area contributed by atoms with Gasteiger partial charge in [0.05, 0.1) is 17.0 Å². The smallest absolute Gasteiger partial charge is 0.255 e. The van der Waals surface area contributed by atoms with Crippen molar-refractivity contribution in [2.45, 2.75) is 108 Å². The number of aromatic nitrogens is 4. The van der Waals surface area contributed by atoms with Crippen LogP contribution in [0.2, 0.25) is 0 Å². The van der Waals surface area contributed by atoms with Gasteiger partial charge in [-0.25, -0.2) is 18.4 Å². The fourth-order valence-corrected chi connectivity index (χ4v) is 12.0. The zero-order chi connectivity index (χ0) is 42.5. The van der Waals surface area contributed by atoms with Crippen molar-refractivity contribution >= 4 is 46.0 Å². The molecule has 3 aromatic heterocycles. The van der Waals surface area contributed by atoms with Crippen molar-refractivity contribution in [1.82, 2.24) is 30.0 Å². The SMILES string of the molecule is CCC1c2c(c(-c3cc4ccc(N5CCC6(CCN(C(=O)C7CCN(c8ccc(C9CCC(=O)NC9=O)cn8)CC7)CC6)C5=O)cc4[nH]3)nn2C2CCCCO2)C[C@H]2C1C2(F)F. The van der Waals surface area contributed by atoms with E-state index in [0.29, 0.717) is 77.9 Å². The number of hydrogen-bond donors (Lipinski definition) is 2. The van der Waals surface area contributed by atoms with Gasteiger partial charge >= 0.3 is 0 Å². The number of rotatable bonds is 7. The van der Waals surface area contributed by atoms with Gasteiger partial charge in [-0.1, -0.05) is 19.1 Å². The second kappa shape index (κ2) is 15.0. The van der Waals surface area contributed by atoms with E-state index in [2.05, 4.69) is 26.3 Å². The van der Waals surface area contributed by atoms with Crippen LogP contribution in [-0.4, -0.2) is 93.5 Å². The summed E-state index contributed by atoms with van der Waals surface area (Å²) in [5.74, 6) is -4.06. The number of hydrogen-bond acceptors (Lipinski definition) is 8. The van der Waals surface area contributed by atoms with Crippen molar-refractivity contribution in [3.63, 3.8) is 0 Å². The summed E-state index contributed by atoms with van der Waals surface area (Å²) in [7, 11) is 0. The maximum atomic E-state index is 15.1. The topological polar surface area (TPSA) is 146 Å². The van der Waals surface area contributed by atoms with Crippen LogP contribution in [0.5, 0.6) is 0 Å². The molecule has 11 rings (SSSR count). The number of imide groups is 1. The van der Waals surface area contributed by atoms with Crippen LogP contribution < -0.4 is 15.1 Å². The van der Waals surface area contributed by atoms with Crippen LogP contribution in [0, 0.1) is 23.2 Å². The molecule has 8 heterocycles. The molecule has 7 aliphatic rings. The zero-order valence-corrected chi connectivity index (χ0v) is 35.2. The van der Waals surface area contributed by atoms with E-state index in [1.807, 2.05) is 51.7 Å². The standard InChI is InChI=1S/C47H54F2N8O5/c1-2-31-40-34(47(40,48)49)25-33-41(53-57(42(31)33)39-5-3-4-22-62-39)36-23-28-6-8-30(24-35(28)51-36)56-21-16-46(45(56)61)14-19-55(20-15-46)44(60)27-12-17-54(18-13-27)37-10-7-29(26-50-37)32-9-11-38(58)52-43(32)59/h6-8,10,23-24,26-27,31-32,34,39-40,51H,2-5,9,11-22,25H2,1H3,(H,52,58,59)/t31?,32?,34-,39?,40?/m0/s1. The fraction of sp³-hybridized carbons (Fsp3) is 0.574. The molecule has 13 nitrogen and oxygen atoms in total. The number of piperidine rings is 3. The second-order valence-corrected chi connectivity index (χ2v) is 19.0. The lowest BCUT2D eigenvalue weighted by atomic mass is 9.76. The molecule has 0 radical (unpaired) electrons. The van der Waals surface area contributed by atoms with Gasteiger partial charge in [0.1, 0.15) is 11.5 Å². The van der Waals surface area contributed by atoms with Crippen LogP contribution >= 0.6 is 0 Å². The third kappa shape index (κ3) is 6.46. The number of halogens is 2. The molecule has 1 aromatic carbocycles. The van der Waals surface area contributed by atoms with Crippen LogP contribution in [0.1, 0.15) is 112 Å². The Hall–Kier alpha value is -5.18. The van der Waals surface area contributed by atoms with Gasteiger partial charge < -0.3 is 24.4 Å². The third-order valence-electron chi connectivity index (χ3n) is 15.7. The van der Waals surface area contributed by atoms with Gasteiger partial charge in [0, 0.05) is 103 Å². The first-order valence-electron chi connectivity index (χ1n) is 22.9. The molecule has 4 amide bonds. The fourth-order valence-electron chi connectivity index (χ4n) is 12.0. The first-order valence-corrected chi connectivity index (χ1v) is 22.9. The van der Waals surface area contributed by atoms with Crippen molar-refractivity contribution in [3.05, 3.63) is 59.4 Å². The number of amides is 4. The van der Waals surface area contributed by atoms with Crippen molar-refractivity contribution in [2.24, 2.45) is 23.2 Å². The number of H-pyrrole nitrogens is 1. The largest absolute Gasteiger partial charge is 0.357 e. The number of likely N-dealkylation sites (tertiary alicyclic amines) is 1. The maximum absolute atomic E-state index is 15.1. The minimum absolute atomic E-state index is 0.0734. The molecular formula is C47H54F2N8O5. The minimum atomic E-state index is -2.66. The number of anilines is 2. The quantitative estimate of drug-likeness (QED) is 0.193. The average Bonchev–Trinajstić information content (AvgIpc) is 3.68. The van der Waals surface area contributed by atoms with E-state index in [-0.39, 0.29) is 47.6 Å². The number of benzene rings is 1. The number of pyridine rings is 1. The normalized spacial score (nSPS) is 28.3. The highest BCUT2D eigenvalue weighted by Gasteiger charge is 2.72. The van der Waals surface area contributed by atoms with Crippen LogP contribution in [0.15, 0.2) is 42.6 Å². The van der Waals surface area contributed by atoms with E-state index >= 15 is 8.78 Å². The molecule has 0 bridgehead atoms. The number of alkyl halides is 2. The van der Waals surface area contributed by atoms with E-state index in [9.17, 15) is 19.2 Å². The molecule has 4 aromatic rings. The first-order chi connectivity index (χ1) is 30.0. The number of aromatic amines is 1. The van der Waals surface area contributed by atoms with Gasteiger partial charge in [-0.05, 0) is 100 Å². The average molecular weight is 849 g/mol. The number of fused-ring (bicyclic) bond motifs is 3. The van der Waals surface area contributed by atoms with Gasteiger partial charge in [0.15, 0.2) is 6.23 Å². The molecule has 5 saturated heterocycles. The predicted octanol–water partition coefficient (Wildman–Crippen LogP) is 6.84. The Morgan fingerprint density at radius 1 is 0.952 bits per heavy atom. The van der Waals surface area contributed by atoms with Crippen LogP contribution in [0.4, 0.5) is 20.3 Å². The zero-order valence-electron chi connectivity index (χ0n) is 35.2. The lowest BCUT2D eigenvalue weighted by molar-refractivity contribution is -0.141. The summed E-state index contributed by atoms with van der Waals surface area (Å²) >= 11 is 0. The molecular weight excluding hydrogens is 795 g/mol. The summed E-state index contributed by atoms with van der Waals surface area (Å²) in [5.41, 5.74) is 5.36. The van der Waals surface area contributed by atoms with Crippen LogP contribution in [-0.2, 0) is 30.3 Å². The summed E-state index contributed by atoms with van der Waals surface area (Å²) < 4.78 is 38.4. The second-order valence-electron chi connectivity index (χ2n) is 19.0. The van der Waals surface area contributed by atoms with Crippen molar-refractivity contribution in [1.29, 1.82) is 0 Å². The van der Waals surface area contributed by atoms with Gasteiger partial charge in [0.25, 0.3) is 5.92 Å². The molecule has 2 N–H and O–H groups in total. The molecule has 15 heteroatoms. The molecule has 1 saturated carbocycles. The summed E-state index contributed by atoms with van der Waals surface area (Å²) in [6.45, 7) is 5.80. The Bertz CT molecular complexity index is 2440. The molecule has 62 heavy (non-hydrogen) atoms. The van der Waals surface area contributed by atoms with Crippen molar-refractivity contribution in [2.75, 3.05) is 49.1 Å². The highest BCUT2D eigenvalue weighted by molar-refractivity contribution is 6.02. The molecule has 5 aliphatic heterocycles. The Morgan fingerprint density at radius 2 is 1.76 bits per heavy atom. The molecule has 2 aliphatic carbocycles. The Labute approximate surface area is 358 Å². The van der Waals surface area contributed by atoms with Crippen molar-refractivity contribution < 1.29 is 32.7 Å². The van der Waals surface area contributed by atoms with Crippen LogP contribution in [0.3, 0.4) is 0 Å². The summed E-state index contributed by atoms with van der Waals surface area (Å²) in [6.07, 6.45) is 9.53. The molecule has 1 spiro atoms. The van der Waals surface area contributed by atoms with Crippen molar-refractivity contribution in [3.8, 4) is 11.4 Å². The number of carbonyl (C=O) groups is 4. The van der Waals surface area contributed by atoms with Gasteiger partial charge in [-0.2, -0.15) is 5.10 Å². The monoisotopic (exact) mass is 848 g/mol. The number of ether oxygens (including phenoxy) is 1. The summed E-state index contributed by atoms with van der Waals surface area (Å²) in [4.78, 5) is 66.2. The van der Waals surface area contributed by atoms with Gasteiger partial charge in [0.2, 0.25) is 23.6 Å². The van der Waals surface area contributed by atoms with Gasteiger partial charge in [-0.15, -0.1) is 0 Å². The van der Waals surface area contributed by atoms with Crippen LogP contribution in [0.25, 0.3) is 22.3 Å². The van der Waals surface area contributed by atoms with E-state index in [1.165, 1.54) is 0 Å². The van der Waals surface area contributed by atoms with E-state index < -0.39 is 23.2 Å². The molecule has 6 fully saturated rings. The Balaban J connectivity index is 0.736. The number of nitrogens with one attached hydrogen (secondary N) is 2. The minimum Gasteiger partial charge on any atom is -0.357 e. The predicted molar refractivity (Wildman–Crippen MR) is 227 cm³/mol. The lowest BCUT2D eigenvalue weighted by Crippen LogP contribution is -2.49. The number of nitrogens with zero attached hydrogens (tertiary/aromatic N) is 6. The Morgan fingerprint density at radius 3 is 2.48 bits per heavy atom. The lowest BCUT2D eigenvalue weighted by Gasteiger charge is -2.40. The first kappa shape index (κ1) is 39.7. The molecule has 4 unspecified atom stereocenters. The number of carbonyl (C=O) groups excluding carboxylic acids is 4. The molecule has 5 atom stereocenters. The van der Waals surface area contributed by atoms with E-state index in [1.54, 1.807) is 6.20 Å².